The van der Waals surface area contributed by atoms with Gasteiger partial charge in [0.1, 0.15) is 6.33 Å². The molecular weight excluding hydrogens is 152 g/mol. The molecule has 0 aromatic carbocycles. The van der Waals surface area contributed by atoms with Crippen LogP contribution in [0.4, 0.5) is 0 Å². The molecule has 0 saturated carbocycles. The van der Waals surface area contributed by atoms with Gasteiger partial charge in [0.2, 0.25) is 0 Å². The van der Waals surface area contributed by atoms with Crippen molar-refractivity contribution in [1.82, 2.24) is 9.97 Å². The smallest absolute Gasteiger partial charge is 0.116 e. The first-order valence-electron chi connectivity index (χ1n) is 4.19. The molecule has 1 heterocycles. The maximum atomic E-state index is 9.59. The zero-order valence-electron chi connectivity index (χ0n) is 7.28. The summed E-state index contributed by atoms with van der Waals surface area (Å²) in [6.45, 7) is 4.07. The highest BCUT2D eigenvalue weighted by molar-refractivity contribution is 5.33. The first kappa shape index (κ1) is 7.68. The fourth-order valence-corrected chi connectivity index (χ4v) is 1.94. The van der Waals surface area contributed by atoms with Gasteiger partial charge in [-0.25, -0.2) is 9.97 Å². The molecule has 0 radical (unpaired) electrons. The fourth-order valence-electron chi connectivity index (χ4n) is 1.94. The van der Waals surface area contributed by atoms with E-state index in [0.29, 0.717) is 5.92 Å². The summed E-state index contributed by atoms with van der Waals surface area (Å²) < 4.78 is 0. The Balaban J connectivity index is 2.59. The van der Waals surface area contributed by atoms with Gasteiger partial charge < -0.3 is 5.11 Å². The summed E-state index contributed by atoms with van der Waals surface area (Å²) in [7, 11) is 0. The van der Waals surface area contributed by atoms with Crippen LogP contribution in [0.25, 0.3) is 0 Å². The lowest BCUT2D eigenvalue weighted by Gasteiger charge is -2.04. The van der Waals surface area contributed by atoms with Crippen LogP contribution < -0.4 is 0 Å². The first-order valence-corrected chi connectivity index (χ1v) is 4.19. The van der Waals surface area contributed by atoms with Crippen LogP contribution in [0.3, 0.4) is 0 Å². The highest BCUT2D eigenvalue weighted by atomic mass is 16.3. The molecule has 3 nitrogen and oxygen atoms in total. The Labute approximate surface area is 71.5 Å². The van der Waals surface area contributed by atoms with Gasteiger partial charge >= 0.3 is 0 Å². The van der Waals surface area contributed by atoms with Crippen molar-refractivity contribution in [2.75, 3.05) is 0 Å². The van der Waals surface area contributed by atoms with Gasteiger partial charge in [0.05, 0.1) is 11.8 Å². The topological polar surface area (TPSA) is 46.0 Å². The molecule has 0 fully saturated rings. The summed E-state index contributed by atoms with van der Waals surface area (Å²) in [4.78, 5) is 8.20. The maximum Gasteiger partial charge on any atom is 0.116 e. The second-order valence-corrected chi connectivity index (χ2v) is 3.41. The van der Waals surface area contributed by atoms with Gasteiger partial charge in [0, 0.05) is 11.3 Å². The highest BCUT2D eigenvalue weighted by Crippen LogP contribution is 2.39. The van der Waals surface area contributed by atoms with Crippen LogP contribution in [0.1, 0.15) is 42.3 Å². The first-order chi connectivity index (χ1) is 5.70. The Bertz CT molecular complexity index is 311. The number of aromatic nitrogens is 2. The number of aliphatic hydroxyl groups excluding tert-OH is 1. The average Bonchev–Trinajstić information content (AvgIpc) is 2.29. The molecule has 0 saturated heterocycles. The van der Waals surface area contributed by atoms with E-state index in [0.717, 1.165) is 23.4 Å². The molecule has 2 rings (SSSR count). The lowest BCUT2D eigenvalue weighted by atomic mass is 10.0. The Hall–Kier alpha value is -0.960. The van der Waals surface area contributed by atoms with Crippen LogP contribution in [0.2, 0.25) is 0 Å². The van der Waals surface area contributed by atoms with Crippen LogP contribution in [-0.4, -0.2) is 15.1 Å². The van der Waals surface area contributed by atoms with E-state index in [-0.39, 0.29) is 6.10 Å². The van der Waals surface area contributed by atoms with Gasteiger partial charge in [-0.2, -0.15) is 0 Å². The predicted octanol–water partition coefficient (Wildman–Crippen LogP) is 1.33. The minimum atomic E-state index is -0.378. The minimum absolute atomic E-state index is 0.378. The number of aryl methyl sites for hydroxylation is 1. The summed E-state index contributed by atoms with van der Waals surface area (Å²) in [6, 6.07) is 0. The third-order valence-electron chi connectivity index (χ3n) is 2.50. The van der Waals surface area contributed by atoms with Gasteiger partial charge in [-0.3, -0.25) is 0 Å². The molecule has 12 heavy (non-hydrogen) atoms. The number of hydrogen-bond donors (Lipinski definition) is 1. The van der Waals surface area contributed by atoms with Crippen LogP contribution in [0, 0.1) is 6.92 Å². The number of hydrogen-bond acceptors (Lipinski definition) is 3. The summed E-state index contributed by atoms with van der Waals surface area (Å²) in [5.74, 6) is 0.399. The van der Waals surface area contributed by atoms with E-state index >= 15 is 0 Å². The Morgan fingerprint density at radius 3 is 2.92 bits per heavy atom. The molecule has 0 aliphatic heterocycles. The minimum Gasteiger partial charge on any atom is -0.387 e. The zero-order chi connectivity index (χ0) is 8.72. The lowest BCUT2D eigenvalue weighted by Crippen LogP contribution is -1.98. The Morgan fingerprint density at radius 1 is 1.50 bits per heavy atom. The largest absolute Gasteiger partial charge is 0.387 e. The summed E-state index contributed by atoms with van der Waals surface area (Å²) >= 11 is 0. The summed E-state index contributed by atoms with van der Waals surface area (Å²) in [5.41, 5.74) is 2.98. The van der Waals surface area contributed by atoms with Crippen molar-refractivity contribution in [1.29, 1.82) is 0 Å². The molecule has 64 valence electrons. The quantitative estimate of drug-likeness (QED) is 0.629. The molecule has 1 N–H and O–H groups in total. The molecule has 2 atom stereocenters. The van der Waals surface area contributed by atoms with E-state index < -0.39 is 0 Å². The highest BCUT2D eigenvalue weighted by Gasteiger charge is 2.29. The number of fused-ring (bicyclic) bond motifs is 1. The van der Waals surface area contributed by atoms with Crippen LogP contribution in [0.15, 0.2) is 6.33 Å². The Morgan fingerprint density at radius 2 is 2.25 bits per heavy atom. The van der Waals surface area contributed by atoms with Gasteiger partial charge in [-0.15, -0.1) is 0 Å². The maximum absolute atomic E-state index is 9.59. The fraction of sp³-hybridized carbons (Fsp3) is 0.556. The van der Waals surface area contributed by atoms with Crippen molar-refractivity contribution >= 4 is 0 Å². The van der Waals surface area contributed by atoms with Crippen molar-refractivity contribution in [2.45, 2.75) is 32.3 Å². The molecular formula is C9H12N2O. The SMILES string of the molecule is Cc1ncnc2c1[C@H](C)C[C@H]2O. The van der Waals surface area contributed by atoms with Crippen molar-refractivity contribution in [3.8, 4) is 0 Å². The molecule has 0 unspecified atom stereocenters. The zero-order valence-corrected chi connectivity index (χ0v) is 7.28. The van der Waals surface area contributed by atoms with Crippen LogP contribution in [0.5, 0.6) is 0 Å². The number of aliphatic hydroxyl groups is 1. The Kier molecular flexibility index (Phi) is 1.61. The second-order valence-electron chi connectivity index (χ2n) is 3.41. The van der Waals surface area contributed by atoms with Crippen molar-refractivity contribution in [3.05, 3.63) is 23.3 Å². The van der Waals surface area contributed by atoms with Gasteiger partial charge in [0.15, 0.2) is 0 Å². The molecule has 1 aliphatic rings. The van der Waals surface area contributed by atoms with E-state index in [1.54, 1.807) is 0 Å². The van der Waals surface area contributed by atoms with E-state index in [2.05, 4.69) is 16.9 Å². The normalized spacial score (nSPS) is 27.2. The molecule has 1 aromatic rings. The summed E-state index contributed by atoms with van der Waals surface area (Å²) in [6.07, 6.45) is 1.93. The third kappa shape index (κ3) is 0.932. The van der Waals surface area contributed by atoms with Crippen molar-refractivity contribution in [3.63, 3.8) is 0 Å². The molecule has 1 aromatic heterocycles. The molecule has 0 amide bonds. The summed E-state index contributed by atoms with van der Waals surface area (Å²) in [5, 5.41) is 9.59. The predicted molar refractivity (Wildman–Crippen MR) is 44.8 cm³/mol. The molecule has 0 spiro atoms. The monoisotopic (exact) mass is 164 g/mol. The third-order valence-corrected chi connectivity index (χ3v) is 2.50. The van der Waals surface area contributed by atoms with E-state index in [9.17, 15) is 5.11 Å². The van der Waals surface area contributed by atoms with Gasteiger partial charge in [-0.1, -0.05) is 6.92 Å². The van der Waals surface area contributed by atoms with Crippen LogP contribution in [-0.2, 0) is 0 Å². The molecule has 3 heteroatoms. The van der Waals surface area contributed by atoms with Gasteiger partial charge in [-0.05, 0) is 19.3 Å². The van der Waals surface area contributed by atoms with E-state index in [1.807, 2.05) is 6.92 Å². The van der Waals surface area contributed by atoms with Gasteiger partial charge in [0.25, 0.3) is 0 Å². The average molecular weight is 164 g/mol. The van der Waals surface area contributed by atoms with E-state index in [1.165, 1.54) is 6.33 Å². The molecule has 0 bridgehead atoms. The lowest BCUT2D eigenvalue weighted by molar-refractivity contribution is 0.170. The van der Waals surface area contributed by atoms with Crippen molar-refractivity contribution < 1.29 is 5.11 Å². The molecule has 1 aliphatic carbocycles. The van der Waals surface area contributed by atoms with E-state index in [4.69, 9.17) is 0 Å². The number of rotatable bonds is 0. The van der Waals surface area contributed by atoms with Crippen molar-refractivity contribution in [2.24, 2.45) is 0 Å². The standard InChI is InChI=1S/C9H12N2O/c1-5-3-7(12)9-8(5)6(2)10-4-11-9/h4-5,7,12H,3H2,1-2H3/t5-,7-/m1/s1. The van der Waals surface area contributed by atoms with Crippen LogP contribution >= 0.6 is 0 Å². The number of nitrogens with zero attached hydrogens (tertiary/aromatic N) is 2. The second kappa shape index (κ2) is 2.52.